The number of hydrogen-bond acceptors (Lipinski definition) is 1. The van der Waals surface area contributed by atoms with Crippen molar-refractivity contribution in [3.8, 4) is 0 Å². The van der Waals surface area contributed by atoms with Gasteiger partial charge in [0.2, 0.25) is 0 Å². The number of hydrogen-bond donors (Lipinski definition) is 1. The number of guanidine groups is 1. The Balaban J connectivity index is 0.00000200. The van der Waals surface area contributed by atoms with E-state index in [2.05, 4.69) is 40.7 Å². The summed E-state index contributed by atoms with van der Waals surface area (Å²) in [6.45, 7) is 5.92. The Morgan fingerprint density at radius 3 is 2.70 bits per heavy atom. The zero-order chi connectivity index (χ0) is 14.0. The Hall–Kier alpha value is -0.430. The number of rotatable bonds is 4. The molecule has 2 rings (SSSR count). The van der Waals surface area contributed by atoms with Gasteiger partial charge in [-0.25, -0.2) is 0 Å². The zero-order valence-corrected chi connectivity index (χ0v) is 15.6. The van der Waals surface area contributed by atoms with Crippen molar-refractivity contribution in [3.05, 3.63) is 23.0 Å². The van der Waals surface area contributed by atoms with Gasteiger partial charge in [0.1, 0.15) is 0 Å². The predicted molar refractivity (Wildman–Crippen MR) is 96.0 cm³/mol. The Morgan fingerprint density at radius 1 is 1.60 bits per heavy atom. The summed E-state index contributed by atoms with van der Waals surface area (Å²) in [7, 11) is 4.08. The number of aliphatic imine (C=N–C) groups is 1. The minimum atomic E-state index is 0. The predicted octanol–water partition coefficient (Wildman–Crippen LogP) is 3.10. The maximum Gasteiger partial charge on any atom is 0.194 e. The number of aromatic nitrogens is 1. The Bertz CT molecular complexity index is 472. The van der Waals surface area contributed by atoms with Crippen molar-refractivity contribution in [2.75, 3.05) is 13.6 Å². The van der Waals surface area contributed by atoms with Gasteiger partial charge in [-0.05, 0) is 25.3 Å². The third kappa shape index (κ3) is 4.55. The molecule has 0 saturated heterocycles. The highest BCUT2D eigenvalue weighted by molar-refractivity contribution is 14.0. The topological polar surface area (TPSA) is 32.6 Å². The van der Waals surface area contributed by atoms with Crippen LogP contribution in [-0.2, 0) is 13.6 Å². The van der Waals surface area contributed by atoms with E-state index in [9.17, 15) is 0 Å². The van der Waals surface area contributed by atoms with Crippen LogP contribution in [0.1, 0.15) is 26.0 Å². The molecule has 1 aromatic heterocycles. The maximum atomic E-state index is 6.02. The standard InChI is InChI=1S/C14H23ClN4.HI/c1-5-16-14(17-13-6-10(13)2)19(4)9-12-7-11(15)8-18(12)3;/h7-8,10,13H,5-6,9H2,1-4H3,(H,16,17);1H. The summed E-state index contributed by atoms with van der Waals surface area (Å²) >= 11 is 6.02. The highest BCUT2D eigenvalue weighted by atomic mass is 127. The molecule has 114 valence electrons. The van der Waals surface area contributed by atoms with Crippen LogP contribution in [0.2, 0.25) is 5.02 Å². The highest BCUT2D eigenvalue weighted by Gasteiger charge is 2.33. The van der Waals surface area contributed by atoms with E-state index >= 15 is 0 Å². The summed E-state index contributed by atoms with van der Waals surface area (Å²) in [5.74, 6) is 1.74. The first-order valence-electron chi connectivity index (χ1n) is 6.84. The van der Waals surface area contributed by atoms with Gasteiger partial charge in [0.25, 0.3) is 0 Å². The van der Waals surface area contributed by atoms with Crippen LogP contribution >= 0.6 is 35.6 Å². The molecule has 0 spiro atoms. The molecule has 0 aliphatic heterocycles. The van der Waals surface area contributed by atoms with E-state index < -0.39 is 0 Å². The van der Waals surface area contributed by atoms with Crippen molar-refractivity contribution >= 4 is 41.5 Å². The van der Waals surface area contributed by atoms with Gasteiger partial charge in [-0.1, -0.05) is 18.5 Å². The van der Waals surface area contributed by atoms with Gasteiger partial charge in [-0.15, -0.1) is 24.0 Å². The molecule has 0 bridgehead atoms. The van der Waals surface area contributed by atoms with Gasteiger partial charge in [0.15, 0.2) is 5.96 Å². The lowest BCUT2D eigenvalue weighted by Gasteiger charge is -2.22. The molecule has 1 heterocycles. The zero-order valence-electron chi connectivity index (χ0n) is 12.6. The van der Waals surface area contributed by atoms with E-state index in [1.165, 1.54) is 12.1 Å². The molecule has 4 nitrogen and oxygen atoms in total. The van der Waals surface area contributed by atoms with Gasteiger partial charge in [0.05, 0.1) is 11.6 Å². The fraction of sp³-hybridized carbons (Fsp3) is 0.643. The molecule has 2 unspecified atom stereocenters. The van der Waals surface area contributed by atoms with Gasteiger partial charge in [0, 0.05) is 38.6 Å². The van der Waals surface area contributed by atoms with Crippen molar-refractivity contribution in [3.63, 3.8) is 0 Å². The average Bonchev–Trinajstić information content (AvgIpc) is 2.93. The quantitative estimate of drug-likeness (QED) is 0.470. The first-order valence-corrected chi connectivity index (χ1v) is 7.22. The maximum absolute atomic E-state index is 6.02. The second-order valence-corrected chi connectivity index (χ2v) is 5.81. The second-order valence-electron chi connectivity index (χ2n) is 5.38. The van der Waals surface area contributed by atoms with Crippen molar-refractivity contribution in [2.45, 2.75) is 32.9 Å². The van der Waals surface area contributed by atoms with E-state index in [0.717, 1.165) is 30.0 Å². The molecule has 1 aliphatic rings. The van der Waals surface area contributed by atoms with E-state index in [1.54, 1.807) is 0 Å². The number of halogens is 2. The van der Waals surface area contributed by atoms with E-state index in [0.29, 0.717) is 6.04 Å². The van der Waals surface area contributed by atoms with E-state index in [4.69, 9.17) is 11.6 Å². The Labute approximate surface area is 143 Å². The molecule has 20 heavy (non-hydrogen) atoms. The molecule has 1 fully saturated rings. The molecule has 1 aromatic rings. The lowest BCUT2D eigenvalue weighted by atomic mass is 10.4. The number of nitrogens with one attached hydrogen (secondary N) is 1. The van der Waals surface area contributed by atoms with Crippen LogP contribution in [0.4, 0.5) is 0 Å². The third-order valence-electron chi connectivity index (χ3n) is 3.57. The lowest BCUT2D eigenvalue weighted by molar-refractivity contribution is 0.458. The summed E-state index contributed by atoms with van der Waals surface area (Å²) in [4.78, 5) is 6.71. The fourth-order valence-electron chi connectivity index (χ4n) is 2.16. The summed E-state index contributed by atoms with van der Waals surface area (Å²) < 4.78 is 2.06. The Morgan fingerprint density at radius 2 is 2.25 bits per heavy atom. The smallest absolute Gasteiger partial charge is 0.194 e. The van der Waals surface area contributed by atoms with Crippen molar-refractivity contribution in [1.82, 2.24) is 14.8 Å². The molecular formula is C14H24ClIN4. The van der Waals surface area contributed by atoms with Crippen LogP contribution in [0.3, 0.4) is 0 Å². The van der Waals surface area contributed by atoms with Crippen LogP contribution in [0.5, 0.6) is 0 Å². The van der Waals surface area contributed by atoms with Crippen LogP contribution in [-0.4, -0.2) is 35.1 Å². The summed E-state index contributed by atoms with van der Waals surface area (Å²) in [5, 5.41) is 4.30. The minimum absolute atomic E-state index is 0. The third-order valence-corrected chi connectivity index (χ3v) is 3.77. The molecule has 0 amide bonds. The normalized spacial score (nSPS) is 21.4. The highest BCUT2D eigenvalue weighted by Crippen LogP contribution is 2.29. The largest absolute Gasteiger partial charge is 0.353 e. The van der Waals surface area contributed by atoms with Gasteiger partial charge in [-0.3, -0.25) is 4.99 Å². The lowest BCUT2D eigenvalue weighted by Crippen LogP contribution is -2.40. The second kappa shape index (κ2) is 7.54. The fourth-order valence-corrected chi connectivity index (χ4v) is 2.43. The monoisotopic (exact) mass is 410 g/mol. The summed E-state index contributed by atoms with van der Waals surface area (Å²) in [5.41, 5.74) is 1.18. The van der Waals surface area contributed by atoms with Gasteiger partial charge >= 0.3 is 0 Å². The van der Waals surface area contributed by atoms with E-state index in [-0.39, 0.29) is 24.0 Å². The first-order chi connectivity index (χ1) is 9.01. The molecule has 2 atom stereocenters. The van der Waals surface area contributed by atoms with Crippen LogP contribution in [0, 0.1) is 5.92 Å². The van der Waals surface area contributed by atoms with E-state index in [1.807, 2.05) is 19.3 Å². The molecule has 6 heteroatoms. The molecule has 1 N–H and O–H groups in total. The van der Waals surface area contributed by atoms with Crippen LogP contribution < -0.4 is 5.32 Å². The van der Waals surface area contributed by atoms with Crippen LogP contribution in [0.15, 0.2) is 17.3 Å². The number of nitrogens with zero attached hydrogens (tertiary/aromatic N) is 3. The average molecular weight is 411 g/mol. The molecule has 1 aliphatic carbocycles. The van der Waals surface area contributed by atoms with Gasteiger partial charge < -0.3 is 14.8 Å². The molecular weight excluding hydrogens is 387 g/mol. The minimum Gasteiger partial charge on any atom is -0.353 e. The molecule has 1 saturated carbocycles. The molecule has 0 radical (unpaired) electrons. The Kier molecular flexibility index (Phi) is 6.64. The first kappa shape index (κ1) is 17.6. The van der Waals surface area contributed by atoms with Gasteiger partial charge in [-0.2, -0.15) is 0 Å². The van der Waals surface area contributed by atoms with Crippen molar-refractivity contribution in [1.29, 1.82) is 0 Å². The van der Waals surface area contributed by atoms with Crippen LogP contribution in [0.25, 0.3) is 0 Å². The summed E-state index contributed by atoms with van der Waals surface area (Å²) in [6, 6.07) is 2.59. The summed E-state index contributed by atoms with van der Waals surface area (Å²) in [6.07, 6.45) is 3.17. The number of aryl methyl sites for hydroxylation is 1. The molecule has 0 aromatic carbocycles. The van der Waals surface area contributed by atoms with Crippen molar-refractivity contribution in [2.24, 2.45) is 18.0 Å². The van der Waals surface area contributed by atoms with Crippen molar-refractivity contribution < 1.29 is 0 Å². The SMILES string of the molecule is CCN=C(NC1CC1C)N(C)Cc1cc(Cl)cn1C.I.